The number of aliphatic hydroxyl groups is 2. The standard InChI is InChI=1S/C13H20F8O7/c14-10(15)11(16,17)5-25-3-9(23)4-26-6-12(18,19)28-13(20,21)7-27-8-24-2-1-22/h9-10,22-23H,1-8H2. The molecule has 28 heavy (non-hydrogen) atoms. The van der Waals surface area contributed by atoms with Crippen molar-refractivity contribution < 1.29 is 69.0 Å². The summed E-state index contributed by atoms with van der Waals surface area (Å²) in [7, 11) is 0. The van der Waals surface area contributed by atoms with Gasteiger partial charge in [-0.15, -0.1) is 0 Å². The van der Waals surface area contributed by atoms with E-state index in [0.717, 1.165) is 0 Å². The largest absolute Gasteiger partial charge is 0.394 e. The van der Waals surface area contributed by atoms with Crippen LogP contribution >= 0.6 is 0 Å². The summed E-state index contributed by atoms with van der Waals surface area (Å²) in [4.78, 5) is 0. The van der Waals surface area contributed by atoms with Gasteiger partial charge in [-0.05, 0) is 0 Å². The lowest BCUT2D eigenvalue weighted by Crippen LogP contribution is -2.40. The van der Waals surface area contributed by atoms with Crippen molar-refractivity contribution in [2.45, 2.75) is 30.7 Å². The van der Waals surface area contributed by atoms with Crippen LogP contribution in [0.25, 0.3) is 0 Å². The van der Waals surface area contributed by atoms with Crippen molar-refractivity contribution in [1.29, 1.82) is 0 Å². The fourth-order valence-electron chi connectivity index (χ4n) is 1.38. The van der Waals surface area contributed by atoms with E-state index >= 15 is 0 Å². The normalized spacial score (nSPS) is 14.7. The summed E-state index contributed by atoms with van der Waals surface area (Å²) in [6, 6.07) is 0. The highest BCUT2D eigenvalue weighted by Gasteiger charge is 2.45. The highest BCUT2D eigenvalue weighted by atomic mass is 19.3. The smallest absolute Gasteiger partial charge is 0.383 e. The van der Waals surface area contributed by atoms with Gasteiger partial charge in [-0.2, -0.15) is 26.3 Å². The average molecular weight is 440 g/mol. The second-order valence-corrected chi connectivity index (χ2v) is 5.22. The van der Waals surface area contributed by atoms with Crippen molar-refractivity contribution in [2.75, 3.05) is 53.0 Å². The van der Waals surface area contributed by atoms with Gasteiger partial charge < -0.3 is 29.2 Å². The Bertz CT molecular complexity index is 414. The predicted octanol–water partition coefficient (Wildman–Crippen LogP) is 1.47. The van der Waals surface area contributed by atoms with E-state index in [1.807, 2.05) is 0 Å². The molecule has 0 rings (SSSR count). The van der Waals surface area contributed by atoms with Gasteiger partial charge in [0.05, 0.1) is 26.4 Å². The lowest BCUT2D eigenvalue weighted by atomic mass is 10.3. The Labute approximate surface area is 154 Å². The Balaban J connectivity index is 4.07. The Morgan fingerprint density at radius 1 is 0.750 bits per heavy atom. The number of alkyl halides is 8. The van der Waals surface area contributed by atoms with Crippen LogP contribution in [-0.2, 0) is 23.7 Å². The SMILES string of the molecule is OCCOCOCC(F)(F)OC(F)(F)COCC(O)COCC(F)(F)C(F)F. The van der Waals surface area contributed by atoms with Crippen molar-refractivity contribution in [3.05, 3.63) is 0 Å². The molecular formula is C13H20F8O7. The molecule has 15 heteroatoms. The van der Waals surface area contributed by atoms with E-state index in [1.165, 1.54) is 0 Å². The first-order chi connectivity index (χ1) is 12.8. The molecule has 1 unspecified atom stereocenters. The van der Waals surface area contributed by atoms with E-state index in [0.29, 0.717) is 0 Å². The number of halogens is 8. The zero-order valence-corrected chi connectivity index (χ0v) is 14.3. The van der Waals surface area contributed by atoms with Gasteiger partial charge in [-0.1, -0.05) is 0 Å². The zero-order chi connectivity index (χ0) is 21.8. The molecule has 170 valence electrons. The molecule has 0 aromatic rings. The first-order valence-corrected chi connectivity index (χ1v) is 7.53. The van der Waals surface area contributed by atoms with Crippen molar-refractivity contribution in [1.82, 2.24) is 0 Å². The molecule has 2 N–H and O–H groups in total. The Hall–Kier alpha value is -0.840. The van der Waals surface area contributed by atoms with Crippen LogP contribution in [0.5, 0.6) is 0 Å². The predicted molar refractivity (Wildman–Crippen MR) is 73.4 cm³/mol. The van der Waals surface area contributed by atoms with E-state index in [1.54, 1.807) is 0 Å². The summed E-state index contributed by atoms with van der Waals surface area (Å²) < 4.78 is 122. The van der Waals surface area contributed by atoms with E-state index in [-0.39, 0.29) is 6.61 Å². The molecule has 0 aromatic heterocycles. The fraction of sp³-hybridized carbons (Fsp3) is 1.00. The molecular weight excluding hydrogens is 420 g/mol. The van der Waals surface area contributed by atoms with E-state index in [4.69, 9.17) is 5.11 Å². The highest BCUT2D eigenvalue weighted by Crippen LogP contribution is 2.27. The summed E-state index contributed by atoms with van der Waals surface area (Å²) in [5.41, 5.74) is 0. The summed E-state index contributed by atoms with van der Waals surface area (Å²) in [5, 5.41) is 17.6. The third-order valence-corrected chi connectivity index (χ3v) is 2.48. The number of hydrogen-bond acceptors (Lipinski definition) is 7. The maximum absolute atomic E-state index is 13.3. The minimum atomic E-state index is -4.51. The minimum absolute atomic E-state index is 0.220. The second kappa shape index (κ2) is 12.7. The van der Waals surface area contributed by atoms with Crippen molar-refractivity contribution >= 4 is 0 Å². The molecule has 0 saturated carbocycles. The summed E-state index contributed by atoms with van der Waals surface area (Å²) in [6.45, 7) is -8.31. The second-order valence-electron chi connectivity index (χ2n) is 5.22. The van der Waals surface area contributed by atoms with Crippen LogP contribution in [0.4, 0.5) is 35.1 Å². The summed E-state index contributed by atoms with van der Waals surface area (Å²) >= 11 is 0. The third-order valence-electron chi connectivity index (χ3n) is 2.48. The zero-order valence-electron chi connectivity index (χ0n) is 14.3. The molecule has 0 spiro atoms. The quantitative estimate of drug-likeness (QED) is 0.201. The van der Waals surface area contributed by atoms with Crippen LogP contribution in [0.3, 0.4) is 0 Å². The first kappa shape index (κ1) is 27.2. The molecule has 0 aliphatic rings. The summed E-state index contributed by atoms with van der Waals surface area (Å²) in [6.07, 6.45) is -14.7. The molecule has 0 aliphatic carbocycles. The molecule has 0 amide bonds. The molecule has 0 aromatic carbocycles. The monoisotopic (exact) mass is 440 g/mol. The molecule has 7 nitrogen and oxygen atoms in total. The van der Waals surface area contributed by atoms with Crippen LogP contribution in [0.15, 0.2) is 0 Å². The van der Waals surface area contributed by atoms with Gasteiger partial charge in [-0.25, -0.2) is 8.78 Å². The van der Waals surface area contributed by atoms with Gasteiger partial charge in [-0.3, -0.25) is 4.74 Å². The van der Waals surface area contributed by atoms with Crippen LogP contribution in [0.2, 0.25) is 0 Å². The number of aliphatic hydroxyl groups excluding tert-OH is 2. The van der Waals surface area contributed by atoms with Gasteiger partial charge in [0.1, 0.15) is 32.7 Å². The minimum Gasteiger partial charge on any atom is -0.394 e. The molecule has 0 saturated heterocycles. The van der Waals surface area contributed by atoms with Crippen LogP contribution < -0.4 is 0 Å². The van der Waals surface area contributed by atoms with E-state index in [2.05, 4.69) is 23.7 Å². The molecule has 0 fully saturated rings. The van der Waals surface area contributed by atoms with Crippen LogP contribution in [0.1, 0.15) is 0 Å². The molecule has 0 aliphatic heterocycles. The Morgan fingerprint density at radius 2 is 1.25 bits per heavy atom. The molecule has 0 radical (unpaired) electrons. The summed E-state index contributed by atoms with van der Waals surface area (Å²) in [5.74, 6) is -4.46. The fourth-order valence-corrected chi connectivity index (χ4v) is 1.38. The maximum atomic E-state index is 13.3. The molecule has 0 heterocycles. The number of rotatable bonds is 17. The molecule has 1 atom stereocenters. The third kappa shape index (κ3) is 13.4. The van der Waals surface area contributed by atoms with Crippen LogP contribution in [-0.4, -0.2) is 93.9 Å². The van der Waals surface area contributed by atoms with Gasteiger partial charge in [0.15, 0.2) is 0 Å². The van der Waals surface area contributed by atoms with Gasteiger partial charge >= 0.3 is 24.6 Å². The van der Waals surface area contributed by atoms with E-state index < -0.39 is 77.1 Å². The van der Waals surface area contributed by atoms with Gasteiger partial charge in [0, 0.05) is 0 Å². The Kier molecular flexibility index (Phi) is 12.3. The number of hydrogen-bond donors (Lipinski definition) is 2. The lowest BCUT2D eigenvalue weighted by Gasteiger charge is -2.24. The van der Waals surface area contributed by atoms with Gasteiger partial charge in [0.2, 0.25) is 0 Å². The van der Waals surface area contributed by atoms with Crippen molar-refractivity contribution in [2.24, 2.45) is 0 Å². The van der Waals surface area contributed by atoms with Crippen LogP contribution in [0, 0.1) is 0 Å². The topological polar surface area (TPSA) is 86.6 Å². The average Bonchev–Trinajstić information content (AvgIpc) is 2.53. The van der Waals surface area contributed by atoms with Crippen molar-refractivity contribution in [3.8, 4) is 0 Å². The maximum Gasteiger partial charge on any atom is 0.383 e. The number of ether oxygens (including phenoxy) is 5. The van der Waals surface area contributed by atoms with E-state index in [9.17, 15) is 40.2 Å². The lowest BCUT2D eigenvalue weighted by molar-refractivity contribution is -0.396. The first-order valence-electron chi connectivity index (χ1n) is 7.53. The van der Waals surface area contributed by atoms with Gasteiger partial charge in [0.25, 0.3) is 0 Å². The molecule has 0 bridgehead atoms. The highest BCUT2D eigenvalue weighted by molar-refractivity contribution is 4.68. The Morgan fingerprint density at radius 3 is 1.75 bits per heavy atom. The van der Waals surface area contributed by atoms with Crippen molar-refractivity contribution in [3.63, 3.8) is 0 Å².